The standard InChI is InChI=1S/C22H29N5O2/c1-25-18-19(17-24-25)7-10-27-11-8-23-22(27)20-5-2-3-6-21(20)29-14-4-9-26-12-15-28-16-13-26/h2-3,5-6,8,11,17-18H,4,7,9-10,12-16H2,1H3. The number of aryl methyl sites for hydroxylation is 3. The first-order valence-electron chi connectivity index (χ1n) is 10.3. The molecule has 1 aliphatic rings. The Kier molecular flexibility index (Phi) is 6.59. The lowest BCUT2D eigenvalue weighted by Crippen LogP contribution is -2.37. The summed E-state index contributed by atoms with van der Waals surface area (Å²) in [5.41, 5.74) is 2.26. The van der Waals surface area contributed by atoms with Crippen LogP contribution in [0.2, 0.25) is 0 Å². The number of morpholine rings is 1. The number of benzene rings is 1. The minimum absolute atomic E-state index is 0.699. The van der Waals surface area contributed by atoms with Crippen LogP contribution in [0, 0.1) is 0 Å². The van der Waals surface area contributed by atoms with Crippen LogP contribution < -0.4 is 4.74 Å². The first kappa shape index (κ1) is 19.7. The summed E-state index contributed by atoms with van der Waals surface area (Å²) in [4.78, 5) is 7.04. The van der Waals surface area contributed by atoms with Crippen LogP contribution in [-0.4, -0.2) is 63.7 Å². The highest BCUT2D eigenvalue weighted by atomic mass is 16.5. The average Bonchev–Trinajstić information content (AvgIpc) is 3.39. The monoisotopic (exact) mass is 395 g/mol. The van der Waals surface area contributed by atoms with E-state index in [0.717, 1.165) is 69.4 Å². The summed E-state index contributed by atoms with van der Waals surface area (Å²) in [7, 11) is 1.94. The molecule has 4 rings (SSSR count). The number of aromatic nitrogens is 4. The van der Waals surface area contributed by atoms with Crippen LogP contribution in [0.1, 0.15) is 12.0 Å². The van der Waals surface area contributed by atoms with Crippen molar-refractivity contribution in [2.24, 2.45) is 7.05 Å². The number of para-hydroxylation sites is 1. The first-order chi connectivity index (χ1) is 14.3. The molecule has 0 aliphatic carbocycles. The fourth-order valence-electron chi connectivity index (χ4n) is 3.66. The summed E-state index contributed by atoms with van der Waals surface area (Å²) in [6.45, 7) is 6.31. The molecule has 1 fully saturated rings. The smallest absolute Gasteiger partial charge is 0.143 e. The van der Waals surface area contributed by atoms with Crippen molar-refractivity contribution in [1.82, 2.24) is 24.2 Å². The molecule has 7 nitrogen and oxygen atoms in total. The van der Waals surface area contributed by atoms with Gasteiger partial charge in [-0.3, -0.25) is 9.58 Å². The van der Waals surface area contributed by atoms with E-state index in [0.29, 0.717) is 6.61 Å². The molecule has 0 atom stereocenters. The highest BCUT2D eigenvalue weighted by molar-refractivity contribution is 5.64. The summed E-state index contributed by atoms with van der Waals surface area (Å²) >= 11 is 0. The maximum Gasteiger partial charge on any atom is 0.143 e. The van der Waals surface area contributed by atoms with Crippen LogP contribution in [0.3, 0.4) is 0 Å². The van der Waals surface area contributed by atoms with E-state index in [1.807, 2.05) is 48.5 Å². The minimum atomic E-state index is 0.699. The molecule has 0 bridgehead atoms. The van der Waals surface area contributed by atoms with E-state index >= 15 is 0 Å². The van der Waals surface area contributed by atoms with Crippen molar-refractivity contribution in [3.8, 4) is 17.1 Å². The zero-order valence-electron chi connectivity index (χ0n) is 17.0. The molecule has 0 unspecified atom stereocenters. The van der Waals surface area contributed by atoms with Gasteiger partial charge in [0.25, 0.3) is 0 Å². The van der Waals surface area contributed by atoms with Gasteiger partial charge < -0.3 is 14.0 Å². The fourth-order valence-corrected chi connectivity index (χ4v) is 3.66. The van der Waals surface area contributed by atoms with Gasteiger partial charge in [-0.15, -0.1) is 0 Å². The second-order valence-corrected chi connectivity index (χ2v) is 7.37. The normalized spacial score (nSPS) is 14.9. The number of hydrogen-bond acceptors (Lipinski definition) is 5. The molecular formula is C22H29N5O2. The van der Waals surface area contributed by atoms with Crippen molar-refractivity contribution < 1.29 is 9.47 Å². The largest absolute Gasteiger partial charge is 0.493 e. The number of ether oxygens (including phenoxy) is 2. The SMILES string of the molecule is Cn1cc(CCn2ccnc2-c2ccccc2OCCCN2CCOCC2)cn1. The molecule has 3 heterocycles. The number of imidazole rings is 1. The van der Waals surface area contributed by atoms with Gasteiger partial charge in [-0.05, 0) is 30.5 Å². The van der Waals surface area contributed by atoms with Gasteiger partial charge in [0.2, 0.25) is 0 Å². The summed E-state index contributed by atoms with van der Waals surface area (Å²) in [5, 5.41) is 4.25. The molecular weight excluding hydrogens is 366 g/mol. The summed E-state index contributed by atoms with van der Waals surface area (Å²) < 4.78 is 15.6. The van der Waals surface area contributed by atoms with Crippen molar-refractivity contribution in [2.45, 2.75) is 19.4 Å². The van der Waals surface area contributed by atoms with Crippen molar-refractivity contribution in [3.63, 3.8) is 0 Å². The Bertz CT molecular complexity index is 898. The van der Waals surface area contributed by atoms with Gasteiger partial charge in [0.05, 0.1) is 31.6 Å². The van der Waals surface area contributed by atoms with Crippen molar-refractivity contribution in [3.05, 3.63) is 54.6 Å². The molecule has 29 heavy (non-hydrogen) atoms. The van der Waals surface area contributed by atoms with Crippen LogP contribution in [0.25, 0.3) is 11.4 Å². The Hall–Kier alpha value is -2.64. The number of rotatable bonds is 9. The summed E-state index contributed by atoms with van der Waals surface area (Å²) in [5.74, 6) is 1.83. The zero-order chi connectivity index (χ0) is 19.9. The molecule has 0 radical (unpaired) electrons. The van der Waals surface area contributed by atoms with Crippen molar-refractivity contribution in [2.75, 3.05) is 39.5 Å². The van der Waals surface area contributed by atoms with Crippen LogP contribution in [0.5, 0.6) is 5.75 Å². The van der Waals surface area contributed by atoms with E-state index in [9.17, 15) is 0 Å². The van der Waals surface area contributed by atoms with Gasteiger partial charge >= 0.3 is 0 Å². The van der Waals surface area contributed by atoms with E-state index in [2.05, 4.69) is 31.8 Å². The molecule has 1 saturated heterocycles. The highest BCUT2D eigenvalue weighted by Crippen LogP contribution is 2.29. The van der Waals surface area contributed by atoms with Gasteiger partial charge in [-0.2, -0.15) is 5.10 Å². The number of nitrogens with zero attached hydrogens (tertiary/aromatic N) is 5. The molecule has 0 N–H and O–H groups in total. The van der Waals surface area contributed by atoms with Gasteiger partial charge in [0, 0.05) is 51.8 Å². The third-order valence-corrected chi connectivity index (χ3v) is 5.22. The van der Waals surface area contributed by atoms with E-state index in [1.54, 1.807) is 0 Å². The maximum atomic E-state index is 6.15. The predicted octanol–water partition coefficient (Wildman–Crippen LogP) is 2.63. The lowest BCUT2D eigenvalue weighted by molar-refractivity contribution is 0.0358. The van der Waals surface area contributed by atoms with Gasteiger partial charge in [0.1, 0.15) is 11.6 Å². The molecule has 3 aromatic rings. The molecule has 0 saturated carbocycles. The van der Waals surface area contributed by atoms with E-state index < -0.39 is 0 Å². The predicted molar refractivity (Wildman–Crippen MR) is 112 cm³/mol. The van der Waals surface area contributed by atoms with Gasteiger partial charge in [0.15, 0.2) is 0 Å². The fraction of sp³-hybridized carbons (Fsp3) is 0.455. The summed E-state index contributed by atoms with van der Waals surface area (Å²) in [6.07, 6.45) is 9.78. The van der Waals surface area contributed by atoms with Crippen molar-refractivity contribution >= 4 is 0 Å². The maximum absolute atomic E-state index is 6.15. The van der Waals surface area contributed by atoms with Gasteiger partial charge in [-0.1, -0.05) is 12.1 Å². The Morgan fingerprint density at radius 1 is 1.14 bits per heavy atom. The third kappa shape index (κ3) is 5.25. The zero-order valence-corrected chi connectivity index (χ0v) is 17.0. The molecule has 154 valence electrons. The first-order valence-corrected chi connectivity index (χ1v) is 10.3. The third-order valence-electron chi connectivity index (χ3n) is 5.22. The lowest BCUT2D eigenvalue weighted by Gasteiger charge is -2.26. The van der Waals surface area contributed by atoms with E-state index in [4.69, 9.17) is 9.47 Å². The Morgan fingerprint density at radius 2 is 2.00 bits per heavy atom. The lowest BCUT2D eigenvalue weighted by atomic mass is 10.2. The molecule has 0 spiro atoms. The van der Waals surface area contributed by atoms with Crippen LogP contribution in [-0.2, 0) is 24.8 Å². The Balaban J connectivity index is 1.37. The second-order valence-electron chi connectivity index (χ2n) is 7.37. The van der Waals surface area contributed by atoms with Crippen molar-refractivity contribution in [1.29, 1.82) is 0 Å². The second kappa shape index (κ2) is 9.71. The van der Waals surface area contributed by atoms with Crippen LogP contribution in [0.4, 0.5) is 0 Å². The molecule has 1 aromatic carbocycles. The Morgan fingerprint density at radius 3 is 2.83 bits per heavy atom. The topological polar surface area (TPSA) is 57.3 Å². The minimum Gasteiger partial charge on any atom is -0.493 e. The molecule has 0 amide bonds. The van der Waals surface area contributed by atoms with E-state index in [-0.39, 0.29) is 0 Å². The van der Waals surface area contributed by atoms with Gasteiger partial charge in [-0.25, -0.2) is 4.98 Å². The quantitative estimate of drug-likeness (QED) is 0.522. The number of hydrogen-bond donors (Lipinski definition) is 0. The van der Waals surface area contributed by atoms with Crippen LogP contribution >= 0.6 is 0 Å². The molecule has 7 heteroatoms. The van der Waals surface area contributed by atoms with E-state index in [1.165, 1.54) is 5.56 Å². The van der Waals surface area contributed by atoms with Crippen LogP contribution in [0.15, 0.2) is 49.1 Å². The highest BCUT2D eigenvalue weighted by Gasteiger charge is 2.13. The molecule has 1 aliphatic heterocycles. The molecule has 2 aromatic heterocycles. The summed E-state index contributed by atoms with van der Waals surface area (Å²) in [6, 6.07) is 8.17. The average molecular weight is 396 g/mol. The Labute approximate surface area is 171 Å².